The minimum Gasteiger partial charge on any atom is -0.496 e. The van der Waals surface area contributed by atoms with Gasteiger partial charge in [-0.1, -0.05) is 25.1 Å². The second-order valence-electron chi connectivity index (χ2n) is 5.69. The molecule has 0 radical (unpaired) electrons. The highest BCUT2D eigenvalue weighted by molar-refractivity contribution is 5.95. The van der Waals surface area contributed by atoms with Crippen LogP contribution in [-0.2, 0) is 4.79 Å². The van der Waals surface area contributed by atoms with Crippen LogP contribution < -0.4 is 25.3 Å². The third-order valence-corrected chi connectivity index (χ3v) is 3.98. The van der Waals surface area contributed by atoms with Gasteiger partial charge in [0.15, 0.2) is 11.5 Å². The van der Waals surface area contributed by atoms with E-state index in [9.17, 15) is 4.79 Å². The molecule has 0 aromatic heterocycles. The highest BCUT2D eigenvalue weighted by atomic mass is 35.5. The van der Waals surface area contributed by atoms with E-state index in [0.717, 1.165) is 11.3 Å². The number of methoxy groups -OCH3 is 1. The van der Waals surface area contributed by atoms with Gasteiger partial charge < -0.3 is 25.3 Å². The molecule has 2 aromatic carbocycles. The minimum absolute atomic E-state index is 0. The average molecular weight is 365 g/mol. The molecule has 1 atom stereocenters. The highest BCUT2D eigenvalue weighted by Gasteiger charge is 2.19. The monoisotopic (exact) mass is 364 g/mol. The van der Waals surface area contributed by atoms with Crippen molar-refractivity contribution in [2.45, 2.75) is 19.3 Å². The van der Waals surface area contributed by atoms with Crippen LogP contribution in [0.5, 0.6) is 17.2 Å². The van der Waals surface area contributed by atoms with Crippen LogP contribution in [0.4, 0.5) is 11.4 Å². The normalized spacial score (nSPS) is 12.9. The fourth-order valence-corrected chi connectivity index (χ4v) is 2.73. The summed E-state index contributed by atoms with van der Waals surface area (Å²) in [5.74, 6) is 1.83. The Hall–Kier alpha value is -2.60. The van der Waals surface area contributed by atoms with E-state index in [-0.39, 0.29) is 31.0 Å². The molecule has 3 rings (SSSR count). The molecule has 0 fully saturated rings. The van der Waals surface area contributed by atoms with Crippen molar-refractivity contribution in [3.8, 4) is 17.2 Å². The summed E-state index contributed by atoms with van der Waals surface area (Å²) >= 11 is 0. The first-order chi connectivity index (χ1) is 11.6. The van der Waals surface area contributed by atoms with Crippen LogP contribution in [0.1, 0.15) is 24.8 Å². The number of nitrogen functional groups attached to an aromatic ring is 1. The number of carbonyl (C=O) groups excluding carboxylic acids is 1. The predicted octanol–water partition coefficient (Wildman–Crippen LogP) is 3.56. The number of amides is 1. The van der Waals surface area contributed by atoms with Crippen molar-refractivity contribution in [3.63, 3.8) is 0 Å². The van der Waals surface area contributed by atoms with Gasteiger partial charge in [0, 0.05) is 18.6 Å². The lowest BCUT2D eigenvalue weighted by Gasteiger charge is -2.16. The molecule has 1 aliphatic rings. The van der Waals surface area contributed by atoms with Gasteiger partial charge in [-0.25, -0.2) is 0 Å². The van der Waals surface area contributed by atoms with E-state index in [4.69, 9.17) is 19.9 Å². The first-order valence-corrected chi connectivity index (χ1v) is 7.70. The standard InChI is InChI=1S/C18H20N2O4.ClH/c1-11(12-5-3-4-6-15(12)22-2)7-18(21)20-14-9-17-16(8-13(14)19)23-10-24-17;/h3-6,8-9,11H,7,10,19H2,1-2H3,(H,20,21);1H. The second-order valence-corrected chi connectivity index (χ2v) is 5.69. The lowest BCUT2D eigenvalue weighted by atomic mass is 9.96. The summed E-state index contributed by atoms with van der Waals surface area (Å²) in [7, 11) is 1.62. The highest BCUT2D eigenvalue weighted by Crippen LogP contribution is 2.38. The van der Waals surface area contributed by atoms with E-state index in [0.29, 0.717) is 29.3 Å². The minimum atomic E-state index is -0.126. The van der Waals surface area contributed by atoms with Gasteiger partial charge >= 0.3 is 0 Å². The first kappa shape index (κ1) is 18.7. The third-order valence-electron chi connectivity index (χ3n) is 3.98. The van der Waals surface area contributed by atoms with Crippen LogP contribution in [0.15, 0.2) is 36.4 Å². The number of nitrogens with one attached hydrogen (secondary N) is 1. The van der Waals surface area contributed by atoms with Crippen LogP contribution in [0.25, 0.3) is 0 Å². The van der Waals surface area contributed by atoms with Gasteiger partial charge in [0.2, 0.25) is 12.7 Å². The van der Waals surface area contributed by atoms with Crippen molar-refractivity contribution in [2.24, 2.45) is 0 Å². The van der Waals surface area contributed by atoms with Crippen LogP contribution >= 0.6 is 12.4 Å². The molecule has 0 saturated heterocycles. The van der Waals surface area contributed by atoms with Gasteiger partial charge in [0.25, 0.3) is 0 Å². The molecule has 1 unspecified atom stereocenters. The number of anilines is 2. The van der Waals surface area contributed by atoms with E-state index in [1.54, 1.807) is 19.2 Å². The fourth-order valence-electron chi connectivity index (χ4n) is 2.73. The number of halogens is 1. The summed E-state index contributed by atoms with van der Waals surface area (Å²) in [6.07, 6.45) is 0.314. The Balaban J connectivity index is 0.00000225. The molecule has 0 spiro atoms. The van der Waals surface area contributed by atoms with E-state index in [1.807, 2.05) is 31.2 Å². The van der Waals surface area contributed by atoms with Crippen LogP contribution in [0, 0.1) is 0 Å². The van der Waals surface area contributed by atoms with Gasteiger partial charge in [-0.15, -0.1) is 12.4 Å². The lowest BCUT2D eigenvalue weighted by Crippen LogP contribution is -2.15. The molecule has 2 aromatic rings. The number of benzene rings is 2. The quantitative estimate of drug-likeness (QED) is 0.792. The molecular weight excluding hydrogens is 344 g/mol. The molecule has 1 amide bonds. The van der Waals surface area contributed by atoms with Gasteiger partial charge in [-0.05, 0) is 17.5 Å². The Morgan fingerprint density at radius 2 is 1.96 bits per heavy atom. The number of rotatable bonds is 5. The number of carbonyl (C=O) groups is 1. The van der Waals surface area contributed by atoms with E-state index in [2.05, 4.69) is 5.32 Å². The van der Waals surface area contributed by atoms with Crippen molar-refractivity contribution in [1.29, 1.82) is 0 Å². The van der Waals surface area contributed by atoms with Crippen molar-refractivity contribution in [3.05, 3.63) is 42.0 Å². The zero-order valence-corrected chi connectivity index (χ0v) is 14.9. The molecule has 3 N–H and O–H groups in total. The summed E-state index contributed by atoms with van der Waals surface area (Å²) in [6, 6.07) is 11.0. The van der Waals surface area contributed by atoms with Crippen molar-refractivity contribution in [1.82, 2.24) is 0 Å². The zero-order valence-electron chi connectivity index (χ0n) is 14.1. The Morgan fingerprint density at radius 1 is 1.28 bits per heavy atom. The smallest absolute Gasteiger partial charge is 0.231 e. The van der Waals surface area contributed by atoms with Crippen LogP contribution in [0.3, 0.4) is 0 Å². The Morgan fingerprint density at radius 3 is 2.68 bits per heavy atom. The molecule has 0 aliphatic carbocycles. The maximum atomic E-state index is 12.4. The van der Waals surface area contributed by atoms with E-state index in [1.165, 1.54) is 0 Å². The lowest BCUT2D eigenvalue weighted by molar-refractivity contribution is -0.116. The number of nitrogens with two attached hydrogens (primary N) is 1. The molecule has 1 heterocycles. The molecule has 134 valence electrons. The molecule has 0 bridgehead atoms. The summed E-state index contributed by atoms with van der Waals surface area (Å²) < 4.78 is 15.9. The Kier molecular flexibility index (Phi) is 5.98. The summed E-state index contributed by atoms with van der Waals surface area (Å²) in [4.78, 5) is 12.4. The predicted molar refractivity (Wildman–Crippen MR) is 98.9 cm³/mol. The Labute approximate surface area is 152 Å². The summed E-state index contributed by atoms with van der Waals surface area (Å²) in [5.41, 5.74) is 7.92. The first-order valence-electron chi connectivity index (χ1n) is 7.70. The molecule has 0 saturated carbocycles. The molecule has 6 nitrogen and oxygen atoms in total. The molecule has 1 aliphatic heterocycles. The molecule has 7 heteroatoms. The molecule has 25 heavy (non-hydrogen) atoms. The van der Waals surface area contributed by atoms with Crippen LogP contribution in [0.2, 0.25) is 0 Å². The number of hydrogen-bond acceptors (Lipinski definition) is 5. The van der Waals surface area contributed by atoms with Gasteiger partial charge in [0.1, 0.15) is 5.75 Å². The number of fused-ring (bicyclic) bond motifs is 1. The fraction of sp³-hybridized carbons (Fsp3) is 0.278. The van der Waals surface area contributed by atoms with Gasteiger partial charge in [-0.3, -0.25) is 4.79 Å². The topological polar surface area (TPSA) is 82.8 Å². The van der Waals surface area contributed by atoms with Crippen molar-refractivity contribution >= 4 is 29.7 Å². The van der Waals surface area contributed by atoms with E-state index < -0.39 is 0 Å². The largest absolute Gasteiger partial charge is 0.496 e. The number of hydrogen-bond donors (Lipinski definition) is 2. The maximum absolute atomic E-state index is 12.4. The second kappa shape index (κ2) is 7.98. The van der Waals surface area contributed by atoms with Gasteiger partial charge in [-0.2, -0.15) is 0 Å². The number of ether oxygens (including phenoxy) is 3. The van der Waals surface area contributed by atoms with Crippen molar-refractivity contribution < 1.29 is 19.0 Å². The maximum Gasteiger partial charge on any atom is 0.231 e. The van der Waals surface area contributed by atoms with Crippen molar-refractivity contribution in [2.75, 3.05) is 25.0 Å². The summed E-state index contributed by atoms with van der Waals surface area (Å²) in [6.45, 7) is 2.15. The summed E-state index contributed by atoms with van der Waals surface area (Å²) in [5, 5.41) is 2.84. The van der Waals surface area contributed by atoms with E-state index >= 15 is 0 Å². The van der Waals surface area contributed by atoms with Crippen LogP contribution in [-0.4, -0.2) is 19.8 Å². The zero-order chi connectivity index (χ0) is 17.1. The Bertz CT molecular complexity index is 767. The molecular formula is C18H21ClN2O4. The SMILES string of the molecule is COc1ccccc1C(C)CC(=O)Nc1cc2c(cc1N)OCO2.Cl. The van der Waals surface area contributed by atoms with Gasteiger partial charge in [0.05, 0.1) is 18.5 Å². The average Bonchev–Trinajstić information content (AvgIpc) is 3.02. The number of para-hydroxylation sites is 1. The third kappa shape index (κ3) is 4.09.